The number of aliphatic hydroxyl groups is 1. The second-order valence-corrected chi connectivity index (χ2v) is 6.06. The van der Waals surface area contributed by atoms with E-state index in [0.717, 1.165) is 0 Å². The smallest absolute Gasteiger partial charge is 0.323 e. The van der Waals surface area contributed by atoms with Crippen LogP contribution in [0.1, 0.15) is 41.0 Å². The van der Waals surface area contributed by atoms with Gasteiger partial charge in [0, 0.05) is 0 Å². The average Bonchev–Trinajstić information content (AvgIpc) is 2.33. The van der Waals surface area contributed by atoms with Gasteiger partial charge in [0.1, 0.15) is 11.6 Å². The molecule has 0 rings (SSSR count). The van der Waals surface area contributed by atoms with Gasteiger partial charge in [-0.05, 0) is 40.0 Å². The molecule has 0 aromatic rings. The highest BCUT2D eigenvalue weighted by molar-refractivity contribution is 5.77. The molecule has 0 heterocycles. The summed E-state index contributed by atoms with van der Waals surface area (Å²) in [6, 6.07) is -1.21. The van der Waals surface area contributed by atoms with E-state index < -0.39 is 29.7 Å². The molecule has 0 aliphatic heterocycles. The molecule has 122 valence electrons. The number of aliphatic hydroxyl groups excluding tert-OH is 1. The summed E-state index contributed by atoms with van der Waals surface area (Å²) in [7, 11) is 0. The number of rotatable bonds is 8. The second-order valence-electron chi connectivity index (χ2n) is 6.06. The molecule has 21 heavy (non-hydrogen) atoms. The van der Waals surface area contributed by atoms with E-state index in [4.69, 9.17) is 4.74 Å². The number of nitrogens with one attached hydrogen (secondary N) is 1. The lowest BCUT2D eigenvalue weighted by Crippen LogP contribution is -2.50. The largest absolute Gasteiger partial charge is 0.480 e. The maximum Gasteiger partial charge on any atom is 0.323 e. The van der Waals surface area contributed by atoms with Crippen molar-refractivity contribution in [2.45, 2.75) is 58.8 Å². The zero-order valence-electron chi connectivity index (χ0n) is 13.4. The van der Waals surface area contributed by atoms with Gasteiger partial charge in [-0.1, -0.05) is 19.1 Å². The fourth-order valence-electron chi connectivity index (χ4n) is 1.74. The summed E-state index contributed by atoms with van der Waals surface area (Å²) < 4.78 is 5.09. The van der Waals surface area contributed by atoms with E-state index in [1.165, 1.54) is 0 Å². The lowest BCUT2D eigenvalue weighted by molar-refractivity contribution is -0.154. The fraction of sp³-hybridized carbons (Fsp3) is 0.733. The molecular formula is C15H27NO5. The number of ether oxygens (including phenoxy) is 1. The van der Waals surface area contributed by atoms with Gasteiger partial charge in [0.25, 0.3) is 0 Å². The predicted octanol–water partition coefficient (Wildman–Crippen LogP) is 1.33. The lowest BCUT2D eigenvalue weighted by atomic mass is 9.94. The van der Waals surface area contributed by atoms with Gasteiger partial charge in [0.15, 0.2) is 0 Å². The van der Waals surface area contributed by atoms with Crippen LogP contribution in [0.5, 0.6) is 0 Å². The summed E-state index contributed by atoms with van der Waals surface area (Å²) in [5.41, 5.74) is -0.630. The van der Waals surface area contributed by atoms with Gasteiger partial charge >= 0.3 is 11.9 Å². The first kappa shape index (κ1) is 19.6. The van der Waals surface area contributed by atoms with Crippen LogP contribution >= 0.6 is 0 Å². The zero-order chi connectivity index (χ0) is 16.6. The van der Waals surface area contributed by atoms with Crippen molar-refractivity contribution in [2.24, 2.45) is 5.92 Å². The Labute approximate surface area is 126 Å². The Bertz CT molecular complexity index is 373. The topological polar surface area (TPSA) is 95.9 Å². The highest BCUT2D eigenvalue weighted by atomic mass is 16.6. The molecule has 3 N–H and O–H groups in total. The Morgan fingerprint density at radius 3 is 2.33 bits per heavy atom. The lowest BCUT2D eigenvalue weighted by Gasteiger charge is -2.25. The standard InChI is InChI=1S/C15H27NO5/c1-6-7-8-10(2)13(18)12(14(19)20)16-9-11(17)21-15(3,4)5/h6-7,10,12-13,16,18H,8-9H2,1-5H3,(H,19,20)/t10-,12+,13-/m1/s1. The number of carbonyl (C=O) groups excluding carboxylic acids is 1. The Morgan fingerprint density at radius 2 is 1.90 bits per heavy atom. The van der Waals surface area contributed by atoms with Gasteiger partial charge in [-0.25, -0.2) is 0 Å². The highest BCUT2D eigenvalue weighted by Crippen LogP contribution is 2.13. The van der Waals surface area contributed by atoms with Crippen LogP contribution in [0, 0.1) is 5.92 Å². The molecule has 0 aliphatic rings. The minimum absolute atomic E-state index is 0.242. The number of aliphatic carboxylic acids is 1. The molecule has 0 unspecified atom stereocenters. The molecule has 0 saturated heterocycles. The van der Waals surface area contributed by atoms with Crippen LogP contribution in [0.25, 0.3) is 0 Å². The number of hydrogen-bond acceptors (Lipinski definition) is 5. The summed E-state index contributed by atoms with van der Waals surface area (Å²) in [5, 5.41) is 21.8. The minimum atomic E-state index is -1.21. The molecule has 0 bridgehead atoms. The molecule has 0 spiro atoms. The monoisotopic (exact) mass is 301 g/mol. The van der Waals surface area contributed by atoms with Crippen LogP contribution in [0.3, 0.4) is 0 Å². The maximum absolute atomic E-state index is 11.6. The van der Waals surface area contributed by atoms with E-state index in [-0.39, 0.29) is 12.5 Å². The zero-order valence-corrected chi connectivity index (χ0v) is 13.4. The van der Waals surface area contributed by atoms with Gasteiger partial charge < -0.3 is 14.9 Å². The molecule has 0 radical (unpaired) electrons. The van der Waals surface area contributed by atoms with Gasteiger partial charge in [-0.15, -0.1) is 0 Å². The first-order valence-electron chi connectivity index (χ1n) is 7.05. The minimum Gasteiger partial charge on any atom is -0.480 e. The van der Waals surface area contributed by atoms with E-state index >= 15 is 0 Å². The normalized spacial score (nSPS) is 16.5. The third-order valence-corrected chi connectivity index (χ3v) is 2.82. The molecule has 0 fully saturated rings. The van der Waals surface area contributed by atoms with Crippen LogP contribution in [0.4, 0.5) is 0 Å². The van der Waals surface area contributed by atoms with Gasteiger partial charge in [0.2, 0.25) is 0 Å². The van der Waals surface area contributed by atoms with Crippen molar-refractivity contribution in [1.82, 2.24) is 5.32 Å². The molecule has 0 aromatic carbocycles. The number of allylic oxidation sites excluding steroid dienone is 2. The van der Waals surface area contributed by atoms with E-state index in [1.54, 1.807) is 27.7 Å². The number of esters is 1. The fourth-order valence-corrected chi connectivity index (χ4v) is 1.74. The Morgan fingerprint density at radius 1 is 1.33 bits per heavy atom. The molecule has 0 saturated carbocycles. The van der Waals surface area contributed by atoms with Crippen LogP contribution in [-0.2, 0) is 14.3 Å². The van der Waals surface area contributed by atoms with Gasteiger partial charge in [-0.2, -0.15) is 0 Å². The van der Waals surface area contributed by atoms with Crippen molar-refractivity contribution in [3.05, 3.63) is 12.2 Å². The third kappa shape index (κ3) is 8.47. The average molecular weight is 301 g/mol. The summed E-state index contributed by atoms with van der Waals surface area (Å²) in [6.45, 7) is 8.54. The Kier molecular flexibility index (Phi) is 8.21. The number of carboxylic acids is 1. The molecule has 6 nitrogen and oxygen atoms in total. The summed E-state index contributed by atoms with van der Waals surface area (Å²) in [5.74, 6) is -1.99. The molecule has 3 atom stereocenters. The highest BCUT2D eigenvalue weighted by Gasteiger charge is 2.30. The summed E-state index contributed by atoms with van der Waals surface area (Å²) in [6.07, 6.45) is 3.17. The van der Waals surface area contributed by atoms with Crippen molar-refractivity contribution < 1.29 is 24.5 Å². The van der Waals surface area contributed by atoms with Gasteiger partial charge in [0.05, 0.1) is 12.6 Å². The van der Waals surface area contributed by atoms with Crippen LogP contribution in [-0.4, -0.2) is 46.4 Å². The molecule has 0 amide bonds. The number of carbonyl (C=O) groups is 2. The van der Waals surface area contributed by atoms with Crippen molar-refractivity contribution in [3.63, 3.8) is 0 Å². The first-order chi connectivity index (χ1) is 9.58. The number of carboxylic acid groups (broad SMARTS) is 1. The van der Waals surface area contributed by atoms with E-state index in [0.29, 0.717) is 6.42 Å². The second kappa shape index (κ2) is 8.79. The number of hydrogen-bond donors (Lipinski definition) is 3. The third-order valence-electron chi connectivity index (χ3n) is 2.82. The van der Waals surface area contributed by atoms with Crippen LogP contribution < -0.4 is 5.32 Å². The first-order valence-corrected chi connectivity index (χ1v) is 7.05. The van der Waals surface area contributed by atoms with E-state index in [2.05, 4.69) is 5.32 Å². The Hall–Kier alpha value is -1.40. The Balaban J connectivity index is 4.56. The molecule has 0 aliphatic carbocycles. The van der Waals surface area contributed by atoms with E-state index in [9.17, 15) is 19.8 Å². The van der Waals surface area contributed by atoms with Crippen LogP contribution in [0.2, 0.25) is 0 Å². The molecule has 0 aromatic heterocycles. The van der Waals surface area contributed by atoms with E-state index in [1.807, 2.05) is 19.1 Å². The van der Waals surface area contributed by atoms with Crippen molar-refractivity contribution in [3.8, 4) is 0 Å². The summed E-state index contributed by atoms with van der Waals surface area (Å²) in [4.78, 5) is 22.8. The quantitative estimate of drug-likeness (QED) is 0.462. The summed E-state index contributed by atoms with van der Waals surface area (Å²) >= 11 is 0. The maximum atomic E-state index is 11.6. The molecule has 6 heteroatoms. The molecular weight excluding hydrogens is 274 g/mol. The SMILES string of the molecule is CC=CC[C@@H](C)[C@@H](O)[C@H](NCC(=O)OC(C)(C)C)C(=O)O. The van der Waals surface area contributed by atoms with Crippen molar-refractivity contribution in [2.75, 3.05) is 6.54 Å². The van der Waals surface area contributed by atoms with Gasteiger partial charge in [-0.3, -0.25) is 14.9 Å². The van der Waals surface area contributed by atoms with Crippen LogP contribution in [0.15, 0.2) is 12.2 Å². The predicted molar refractivity (Wildman–Crippen MR) is 79.9 cm³/mol. The van der Waals surface area contributed by atoms with Crippen molar-refractivity contribution in [1.29, 1.82) is 0 Å². The van der Waals surface area contributed by atoms with Crippen molar-refractivity contribution >= 4 is 11.9 Å².